The third kappa shape index (κ3) is 4.84. The van der Waals surface area contributed by atoms with Gasteiger partial charge in [0, 0.05) is 16.7 Å². The van der Waals surface area contributed by atoms with Gasteiger partial charge in [-0.15, -0.1) is 0 Å². The number of carbonyl (C=O) groups excluding carboxylic acids is 2. The van der Waals surface area contributed by atoms with Gasteiger partial charge in [0.25, 0.3) is 11.8 Å². The number of rotatable bonds is 4. The molecule has 2 N–H and O–H groups in total. The second kappa shape index (κ2) is 7.70. The van der Waals surface area contributed by atoms with Gasteiger partial charge in [0.1, 0.15) is 5.75 Å². The van der Waals surface area contributed by atoms with E-state index >= 15 is 0 Å². The van der Waals surface area contributed by atoms with Crippen molar-refractivity contribution in [1.82, 2.24) is 5.32 Å². The summed E-state index contributed by atoms with van der Waals surface area (Å²) in [6, 6.07) is 13.1. The summed E-state index contributed by atoms with van der Waals surface area (Å²) in [5.41, 5.74) is 1.35. The molecule has 2 rings (SSSR count). The van der Waals surface area contributed by atoms with Gasteiger partial charge in [-0.05, 0) is 63.2 Å². The van der Waals surface area contributed by atoms with Crippen LogP contribution in [0.3, 0.4) is 0 Å². The maximum atomic E-state index is 12.4. The van der Waals surface area contributed by atoms with Crippen molar-refractivity contribution in [1.29, 1.82) is 5.26 Å². The smallest absolute Gasteiger partial charge is 0.255 e. The lowest BCUT2D eigenvalue weighted by atomic mass is 10.1. The van der Waals surface area contributed by atoms with E-state index in [1.54, 1.807) is 42.5 Å². The van der Waals surface area contributed by atoms with E-state index in [-0.39, 0.29) is 17.4 Å². The minimum atomic E-state index is -0.360. The Hall–Kier alpha value is -3.33. The van der Waals surface area contributed by atoms with E-state index in [0.29, 0.717) is 28.1 Å². The van der Waals surface area contributed by atoms with Crippen molar-refractivity contribution in [2.24, 2.45) is 0 Å². The van der Waals surface area contributed by atoms with E-state index in [1.807, 2.05) is 26.8 Å². The van der Waals surface area contributed by atoms with Gasteiger partial charge < -0.3 is 15.4 Å². The Morgan fingerprint density at radius 3 is 2.08 bits per heavy atom. The highest BCUT2D eigenvalue weighted by atomic mass is 16.5. The molecule has 0 fully saturated rings. The van der Waals surface area contributed by atoms with Crippen molar-refractivity contribution in [2.45, 2.75) is 26.3 Å². The number of amides is 2. The molecule has 134 valence electrons. The molecule has 2 amide bonds. The van der Waals surface area contributed by atoms with Crippen LogP contribution in [-0.2, 0) is 0 Å². The number of hydrogen-bond acceptors (Lipinski definition) is 4. The Morgan fingerprint density at radius 2 is 1.58 bits per heavy atom. The SMILES string of the molecule is COc1ccc(C#N)cc1NC(=O)c1ccc(C(=O)NC(C)(C)C)cc1. The molecule has 0 spiro atoms. The summed E-state index contributed by atoms with van der Waals surface area (Å²) in [5, 5.41) is 14.6. The first-order valence-corrected chi connectivity index (χ1v) is 8.05. The van der Waals surface area contributed by atoms with Gasteiger partial charge in [0.15, 0.2) is 0 Å². The first kappa shape index (κ1) is 19.0. The summed E-state index contributed by atoms with van der Waals surface area (Å²) in [7, 11) is 1.49. The molecule has 6 nitrogen and oxygen atoms in total. The van der Waals surface area contributed by atoms with Crippen LogP contribution in [0.4, 0.5) is 5.69 Å². The molecule has 0 aromatic heterocycles. The quantitative estimate of drug-likeness (QED) is 0.884. The monoisotopic (exact) mass is 351 g/mol. The second-order valence-corrected chi connectivity index (χ2v) is 6.76. The Kier molecular flexibility index (Phi) is 5.63. The van der Waals surface area contributed by atoms with Crippen LogP contribution < -0.4 is 15.4 Å². The fraction of sp³-hybridized carbons (Fsp3) is 0.250. The average Bonchev–Trinajstić information content (AvgIpc) is 2.60. The minimum absolute atomic E-state index is 0.201. The Bertz CT molecular complexity index is 859. The third-order valence-electron chi connectivity index (χ3n) is 3.47. The summed E-state index contributed by atoms with van der Waals surface area (Å²) in [6.45, 7) is 5.69. The van der Waals surface area contributed by atoms with Crippen molar-refractivity contribution >= 4 is 17.5 Å². The number of methoxy groups -OCH3 is 1. The molecule has 2 aromatic carbocycles. The van der Waals surface area contributed by atoms with Crippen LogP contribution in [-0.4, -0.2) is 24.5 Å². The molecule has 0 aliphatic rings. The lowest BCUT2D eigenvalue weighted by Crippen LogP contribution is -2.40. The zero-order valence-electron chi connectivity index (χ0n) is 15.2. The average molecular weight is 351 g/mol. The Balaban J connectivity index is 2.16. The summed E-state index contributed by atoms with van der Waals surface area (Å²) in [4.78, 5) is 24.6. The highest BCUT2D eigenvalue weighted by molar-refractivity contribution is 6.05. The fourth-order valence-electron chi connectivity index (χ4n) is 2.26. The van der Waals surface area contributed by atoms with Crippen LogP contribution in [0.2, 0.25) is 0 Å². The third-order valence-corrected chi connectivity index (χ3v) is 3.47. The van der Waals surface area contributed by atoms with Crippen LogP contribution in [0.1, 0.15) is 47.1 Å². The maximum absolute atomic E-state index is 12.4. The van der Waals surface area contributed by atoms with Crippen molar-refractivity contribution in [3.63, 3.8) is 0 Å². The van der Waals surface area contributed by atoms with Gasteiger partial charge >= 0.3 is 0 Å². The zero-order valence-corrected chi connectivity index (χ0v) is 15.2. The first-order valence-electron chi connectivity index (χ1n) is 8.05. The van der Waals surface area contributed by atoms with E-state index in [9.17, 15) is 9.59 Å². The Morgan fingerprint density at radius 1 is 1.00 bits per heavy atom. The van der Waals surface area contributed by atoms with Crippen LogP contribution in [0.25, 0.3) is 0 Å². The predicted molar refractivity (Wildman–Crippen MR) is 99.3 cm³/mol. The molecule has 0 aliphatic heterocycles. The van der Waals surface area contributed by atoms with Crippen LogP contribution >= 0.6 is 0 Å². The molecular formula is C20H21N3O3. The topological polar surface area (TPSA) is 91.2 Å². The molecule has 0 bridgehead atoms. The number of carbonyl (C=O) groups is 2. The summed E-state index contributed by atoms with van der Waals surface area (Å²) in [5.74, 6) is -0.104. The predicted octanol–water partition coefficient (Wildman–Crippen LogP) is 3.35. The molecular weight excluding hydrogens is 330 g/mol. The number of nitrogens with one attached hydrogen (secondary N) is 2. The molecule has 0 heterocycles. The van der Waals surface area contributed by atoms with Crippen molar-refractivity contribution < 1.29 is 14.3 Å². The van der Waals surface area contributed by atoms with Gasteiger partial charge in [-0.2, -0.15) is 5.26 Å². The molecule has 2 aromatic rings. The number of benzene rings is 2. The Labute approximate surface area is 152 Å². The number of ether oxygens (including phenoxy) is 1. The zero-order chi connectivity index (χ0) is 19.3. The van der Waals surface area contributed by atoms with E-state index in [4.69, 9.17) is 10.00 Å². The van der Waals surface area contributed by atoms with E-state index in [2.05, 4.69) is 10.6 Å². The van der Waals surface area contributed by atoms with Crippen LogP contribution in [0.5, 0.6) is 5.75 Å². The highest BCUT2D eigenvalue weighted by Gasteiger charge is 2.16. The fourth-order valence-corrected chi connectivity index (χ4v) is 2.26. The lowest BCUT2D eigenvalue weighted by Gasteiger charge is -2.20. The molecule has 0 aliphatic carbocycles. The summed E-state index contributed by atoms with van der Waals surface area (Å²) in [6.07, 6.45) is 0. The van der Waals surface area contributed by atoms with Gasteiger partial charge in [-0.1, -0.05) is 0 Å². The van der Waals surface area contributed by atoms with Crippen molar-refractivity contribution in [2.75, 3.05) is 12.4 Å². The first-order chi connectivity index (χ1) is 12.2. The molecule has 0 radical (unpaired) electrons. The summed E-state index contributed by atoms with van der Waals surface area (Å²) < 4.78 is 5.20. The van der Waals surface area contributed by atoms with Crippen molar-refractivity contribution in [3.05, 3.63) is 59.2 Å². The van der Waals surface area contributed by atoms with E-state index < -0.39 is 0 Å². The number of anilines is 1. The number of nitriles is 1. The van der Waals surface area contributed by atoms with Crippen molar-refractivity contribution in [3.8, 4) is 11.8 Å². The van der Waals surface area contributed by atoms with Gasteiger partial charge in [-0.3, -0.25) is 9.59 Å². The molecule has 0 atom stereocenters. The van der Waals surface area contributed by atoms with Gasteiger partial charge in [0.05, 0.1) is 24.4 Å². The van der Waals surface area contributed by atoms with Crippen LogP contribution in [0.15, 0.2) is 42.5 Å². The maximum Gasteiger partial charge on any atom is 0.255 e. The molecule has 6 heteroatoms. The summed E-state index contributed by atoms with van der Waals surface area (Å²) >= 11 is 0. The van der Waals surface area contributed by atoms with Gasteiger partial charge in [0.2, 0.25) is 0 Å². The second-order valence-electron chi connectivity index (χ2n) is 6.76. The molecule has 0 unspecified atom stereocenters. The van der Waals surface area contributed by atoms with E-state index in [0.717, 1.165) is 0 Å². The van der Waals surface area contributed by atoms with E-state index in [1.165, 1.54) is 7.11 Å². The highest BCUT2D eigenvalue weighted by Crippen LogP contribution is 2.25. The number of nitrogens with zero attached hydrogens (tertiary/aromatic N) is 1. The minimum Gasteiger partial charge on any atom is -0.495 e. The molecule has 0 saturated carbocycles. The largest absolute Gasteiger partial charge is 0.495 e. The standard InChI is InChI=1S/C20H21N3O3/c1-20(2,3)23-19(25)15-8-6-14(7-9-15)18(24)22-16-11-13(12-21)5-10-17(16)26-4/h5-11H,1-4H3,(H,22,24)(H,23,25). The lowest BCUT2D eigenvalue weighted by molar-refractivity contribution is 0.0918. The molecule has 26 heavy (non-hydrogen) atoms. The van der Waals surface area contributed by atoms with Crippen LogP contribution in [0, 0.1) is 11.3 Å². The normalized spacial score (nSPS) is 10.6. The van der Waals surface area contributed by atoms with Gasteiger partial charge in [-0.25, -0.2) is 0 Å². The molecule has 0 saturated heterocycles. The number of hydrogen-bond donors (Lipinski definition) is 2.